The lowest BCUT2D eigenvalue weighted by molar-refractivity contribution is -0.118. The van der Waals surface area contributed by atoms with Crippen LogP contribution >= 0.6 is 0 Å². The van der Waals surface area contributed by atoms with Gasteiger partial charge in [0.2, 0.25) is 0 Å². The summed E-state index contributed by atoms with van der Waals surface area (Å²) < 4.78 is 32.1. The lowest BCUT2D eigenvalue weighted by Gasteiger charge is -2.32. The number of sulfone groups is 1. The maximum absolute atomic E-state index is 13.4. The van der Waals surface area contributed by atoms with Crippen LogP contribution < -0.4 is 4.74 Å². The number of ether oxygens (including phenoxy) is 1. The van der Waals surface area contributed by atoms with Gasteiger partial charge < -0.3 is 4.74 Å². The first-order valence-electron chi connectivity index (χ1n) is 11.8. The fourth-order valence-electron chi connectivity index (χ4n) is 4.40. The van der Waals surface area contributed by atoms with Crippen LogP contribution in [-0.4, -0.2) is 27.1 Å². The van der Waals surface area contributed by atoms with Crippen LogP contribution in [0.5, 0.6) is 5.75 Å². The molecule has 3 aromatic rings. The van der Waals surface area contributed by atoms with E-state index in [1.807, 2.05) is 68.4 Å². The Morgan fingerprint density at radius 2 is 1.53 bits per heavy atom. The second-order valence-electron chi connectivity index (χ2n) is 8.82. The van der Waals surface area contributed by atoms with Gasteiger partial charge in [0.25, 0.3) is 0 Å². The quantitative estimate of drug-likeness (QED) is 0.322. The molecule has 0 atom stereocenters. The number of hydrogen-bond acceptors (Lipinski definition) is 4. The Bertz CT molecular complexity index is 1180. The topological polar surface area (TPSA) is 60.4 Å². The highest BCUT2D eigenvalue weighted by Crippen LogP contribution is 2.36. The maximum Gasteiger partial charge on any atom is 0.179 e. The summed E-state index contributed by atoms with van der Waals surface area (Å²) >= 11 is 0. The van der Waals surface area contributed by atoms with Gasteiger partial charge in [0.1, 0.15) is 11.5 Å². The van der Waals surface area contributed by atoms with E-state index >= 15 is 0 Å². The lowest BCUT2D eigenvalue weighted by Crippen LogP contribution is -2.33. The number of rotatable bonds is 12. The molecule has 0 fully saturated rings. The molecular formula is C29H34O4S. The molecule has 0 aliphatic heterocycles. The summed E-state index contributed by atoms with van der Waals surface area (Å²) in [5.41, 5.74) is 2.45. The van der Waals surface area contributed by atoms with Gasteiger partial charge in [-0.2, -0.15) is 0 Å². The molecule has 180 valence electrons. The minimum Gasteiger partial charge on any atom is -0.497 e. The highest BCUT2D eigenvalue weighted by atomic mass is 32.2. The molecule has 0 radical (unpaired) electrons. The smallest absolute Gasteiger partial charge is 0.179 e. The molecule has 0 aliphatic rings. The molecule has 5 heteroatoms. The van der Waals surface area contributed by atoms with Crippen molar-refractivity contribution in [3.63, 3.8) is 0 Å². The van der Waals surface area contributed by atoms with Gasteiger partial charge in [-0.15, -0.1) is 0 Å². The van der Waals surface area contributed by atoms with Crippen LogP contribution in [-0.2, 0) is 32.9 Å². The van der Waals surface area contributed by atoms with Crippen molar-refractivity contribution < 1.29 is 17.9 Å². The third-order valence-corrected chi connectivity index (χ3v) is 8.64. The predicted molar refractivity (Wildman–Crippen MR) is 137 cm³/mol. The van der Waals surface area contributed by atoms with Crippen LogP contribution in [0.25, 0.3) is 0 Å². The van der Waals surface area contributed by atoms with Crippen molar-refractivity contribution in [2.75, 3.05) is 12.9 Å². The Labute approximate surface area is 203 Å². The minimum atomic E-state index is -3.53. The van der Waals surface area contributed by atoms with Crippen molar-refractivity contribution >= 4 is 15.6 Å². The molecule has 3 rings (SSSR count). The fraction of sp³-hybridized carbons (Fsp3) is 0.345. The van der Waals surface area contributed by atoms with E-state index in [4.69, 9.17) is 4.74 Å². The molecule has 4 nitrogen and oxygen atoms in total. The van der Waals surface area contributed by atoms with Gasteiger partial charge in [0, 0.05) is 18.3 Å². The zero-order chi connectivity index (χ0) is 24.6. The van der Waals surface area contributed by atoms with Crippen LogP contribution in [0, 0.1) is 0 Å². The molecule has 0 aromatic heterocycles. The van der Waals surface area contributed by atoms with E-state index in [1.165, 1.54) is 0 Å². The standard InChI is InChI=1S/C29H34O4S/c1-4-29(5-2,25-12-9-13-27(21-25)33-3)22-34(31,32)28-18-15-24(16-19-28)20-26(30)17-14-23-10-7-6-8-11-23/h6-13,15-16,18-19,21H,4-5,14,17,20,22H2,1-3H3. The summed E-state index contributed by atoms with van der Waals surface area (Å²) in [6.07, 6.45) is 2.89. The normalized spacial score (nSPS) is 11.9. The second kappa shape index (κ2) is 11.5. The first-order chi connectivity index (χ1) is 16.3. The number of benzene rings is 3. The average molecular weight is 479 g/mol. The molecule has 3 aromatic carbocycles. The Kier molecular flexibility index (Phi) is 8.67. The molecule has 0 aliphatic carbocycles. The molecule has 0 spiro atoms. The number of carbonyl (C=O) groups excluding carboxylic acids is 1. The van der Waals surface area contributed by atoms with Crippen LogP contribution in [0.3, 0.4) is 0 Å². The van der Waals surface area contributed by atoms with Gasteiger partial charge >= 0.3 is 0 Å². The Morgan fingerprint density at radius 3 is 2.15 bits per heavy atom. The first-order valence-corrected chi connectivity index (χ1v) is 13.5. The van der Waals surface area contributed by atoms with Crippen molar-refractivity contribution in [1.82, 2.24) is 0 Å². The summed E-state index contributed by atoms with van der Waals surface area (Å²) in [5, 5.41) is 0. The number of hydrogen-bond donors (Lipinski definition) is 0. The third kappa shape index (κ3) is 6.35. The number of methoxy groups -OCH3 is 1. The Balaban J connectivity index is 1.71. The number of carbonyl (C=O) groups is 1. The van der Waals surface area contributed by atoms with E-state index in [0.29, 0.717) is 37.0 Å². The van der Waals surface area contributed by atoms with Crippen molar-refractivity contribution in [2.45, 2.75) is 56.3 Å². The van der Waals surface area contributed by atoms with Crippen LogP contribution in [0.4, 0.5) is 0 Å². The Morgan fingerprint density at radius 1 is 0.853 bits per heavy atom. The van der Waals surface area contributed by atoms with Crippen molar-refractivity contribution in [3.05, 3.63) is 95.6 Å². The first kappa shape index (κ1) is 25.7. The van der Waals surface area contributed by atoms with E-state index in [1.54, 1.807) is 31.4 Å². The SMILES string of the molecule is CCC(CC)(CS(=O)(=O)c1ccc(CC(=O)CCc2ccccc2)cc1)c1cccc(OC)c1. The highest BCUT2D eigenvalue weighted by Gasteiger charge is 2.35. The highest BCUT2D eigenvalue weighted by molar-refractivity contribution is 7.91. The predicted octanol–water partition coefficient (Wildman–Crippen LogP) is 5.97. The summed E-state index contributed by atoms with van der Waals surface area (Å²) in [7, 11) is -1.91. The van der Waals surface area contributed by atoms with E-state index in [0.717, 1.165) is 22.4 Å². The van der Waals surface area contributed by atoms with Gasteiger partial charge in [-0.05, 0) is 60.2 Å². The molecular weight excluding hydrogens is 444 g/mol. The summed E-state index contributed by atoms with van der Waals surface area (Å²) in [6, 6.07) is 24.4. The van der Waals surface area contributed by atoms with Gasteiger partial charge in [0.15, 0.2) is 9.84 Å². The van der Waals surface area contributed by atoms with E-state index in [-0.39, 0.29) is 11.5 Å². The monoisotopic (exact) mass is 478 g/mol. The van der Waals surface area contributed by atoms with E-state index in [2.05, 4.69) is 0 Å². The van der Waals surface area contributed by atoms with Crippen molar-refractivity contribution in [1.29, 1.82) is 0 Å². The Hall–Kier alpha value is -2.92. The minimum absolute atomic E-state index is 0.0233. The molecule has 0 saturated carbocycles. The molecule has 0 unspecified atom stereocenters. The van der Waals surface area contributed by atoms with Crippen molar-refractivity contribution in [3.8, 4) is 5.75 Å². The van der Waals surface area contributed by atoms with Crippen LogP contribution in [0.15, 0.2) is 83.8 Å². The summed E-state index contributed by atoms with van der Waals surface area (Å²) in [5.74, 6) is 0.895. The van der Waals surface area contributed by atoms with Gasteiger partial charge in [0.05, 0.1) is 17.8 Å². The number of aryl methyl sites for hydroxylation is 1. The molecule has 34 heavy (non-hydrogen) atoms. The molecule has 0 bridgehead atoms. The van der Waals surface area contributed by atoms with Crippen molar-refractivity contribution in [2.24, 2.45) is 0 Å². The van der Waals surface area contributed by atoms with Gasteiger partial charge in [-0.3, -0.25) is 4.79 Å². The van der Waals surface area contributed by atoms with E-state index in [9.17, 15) is 13.2 Å². The zero-order valence-electron chi connectivity index (χ0n) is 20.3. The largest absolute Gasteiger partial charge is 0.497 e. The van der Waals surface area contributed by atoms with Gasteiger partial charge in [-0.25, -0.2) is 8.42 Å². The fourth-order valence-corrected chi connectivity index (χ4v) is 6.42. The third-order valence-electron chi connectivity index (χ3n) is 6.72. The second-order valence-corrected chi connectivity index (χ2v) is 10.8. The zero-order valence-corrected chi connectivity index (χ0v) is 21.1. The number of ketones is 1. The average Bonchev–Trinajstić information content (AvgIpc) is 2.87. The van der Waals surface area contributed by atoms with E-state index < -0.39 is 15.3 Å². The summed E-state index contributed by atoms with van der Waals surface area (Å²) in [4.78, 5) is 12.7. The molecule has 0 amide bonds. The molecule has 0 heterocycles. The lowest BCUT2D eigenvalue weighted by atomic mass is 9.77. The van der Waals surface area contributed by atoms with Crippen LogP contribution in [0.2, 0.25) is 0 Å². The molecule has 0 N–H and O–H groups in total. The maximum atomic E-state index is 13.4. The van der Waals surface area contributed by atoms with Gasteiger partial charge in [-0.1, -0.05) is 68.4 Å². The van der Waals surface area contributed by atoms with Crippen LogP contribution in [0.1, 0.15) is 49.8 Å². The summed E-state index contributed by atoms with van der Waals surface area (Å²) in [6.45, 7) is 4.06. The molecule has 0 saturated heterocycles. The number of Topliss-reactive ketones (excluding diaryl/α,β-unsaturated/α-hetero) is 1.